The number of hydrogen-bond acceptors (Lipinski definition) is 6. The van der Waals surface area contributed by atoms with Gasteiger partial charge in [-0.25, -0.2) is 0 Å². The molecule has 1 aliphatic carbocycles. The summed E-state index contributed by atoms with van der Waals surface area (Å²) in [6.45, 7) is 0.579. The van der Waals surface area contributed by atoms with E-state index in [0.717, 1.165) is 12.8 Å². The Bertz CT molecular complexity index is 351. The van der Waals surface area contributed by atoms with E-state index in [1.165, 1.54) is 0 Å². The number of hydrogen-bond donors (Lipinski definition) is 1. The molecule has 0 saturated heterocycles. The zero-order valence-corrected chi connectivity index (χ0v) is 10.3. The van der Waals surface area contributed by atoms with Crippen molar-refractivity contribution in [3.63, 3.8) is 0 Å². The molecule has 0 aromatic carbocycles. The second kappa shape index (κ2) is 5.57. The lowest BCUT2D eigenvalue weighted by Crippen LogP contribution is -2.13. The first-order valence-corrected chi connectivity index (χ1v) is 5.87. The van der Waals surface area contributed by atoms with Crippen LogP contribution in [0.25, 0.3) is 0 Å². The van der Waals surface area contributed by atoms with Gasteiger partial charge in [0.15, 0.2) is 0 Å². The number of methoxy groups -OCH3 is 2. The highest BCUT2D eigenvalue weighted by atomic mass is 16.5. The van der Waals surface area contributed by atoms with E-state index in [0.29, 0.717) is 30.7 Å². The van der Waals surface area contributed by atoms with Gasteiger partial charge in [0.25, 0.3) is 0 Å². The third kappa shape index (κ3) is 3.02. The molecule has 2 atom stereocenters. The number of rotatable bonds is 7. The fraction of sp³-hybridized carbons (Fsp3) is 0.818. The van der Waals surface area contributed by atoms with Gasteiger partial charge < -0.3 is 19.7 Å². The van der Waals surface area contributed by atoms with E-state index in [2.05, 4.69) is 10.1 Å². The van der Waals surface area contributed by atoms with Crippen molar-refractivity contribution >= 4 is 0 Å². The number of ether oxygens (including phenoxy) is 2. The SMILES string of the molecule is COCCC(N)c1nc(C(OC)C2CC2)no1. The Hall–Kier alpha value is -0.980. The molecular formula is C11H19N3O3. The summed E-state index contributed by atoms with van der Waals surface area (Å²) in [4.78, 5) is 4.31. The fourth-order valence-electron chi connectivity index (χ4n) is 1.79. The van der Waals surface area contributed by atoms with Crippen LogP contribution >= 0.6 is 0 Å². The van der Waals surface area contributed by atoms with E-state index in [9.17, 15) is 0 Å². The minimum atomic E-state index is -0.270. The number of nitrogens with two attached hydrogens (primary N) is 1. The molecule has 0 spiro atoms. The van der Waals surface area contributed by atoms with Crippen LogP contribution in [0.15, 0.2) is 4.52 Å². The Balaban J connectivity index is 1.98. The molecular weight excluding hydrogens is 222 g/mol. The molecule has 0 radical (unpaired) electrons. The summed E-state index contributed by atoms with van der Waals surface area (Å²) < 4.78 is 15.5. The van der Waals surface area contributed by atoms with Gasteiger partial charge in [0, 0.05) is 20.8 Å². The van der Waals surface area contributed by atoms with Gasteiger partial charge in [-0.05, 0) is 25.2 Å². The van der Waals surface area contributed by atoms with Crippen LogP contribution in [0.3, 0.4) is 0 Å². The van der Waals surface area contributed by atoms with Gasteiger partial charge in [0.1, 0.15) is 6.10 Å². The zero-order chi connectivity index (χ0) is 12.3. The quantitative estimate of drug-likeness (QED) is 0.772. The van der Waals surface area contributed by atoms with Gasteiger partial charge in [-0.2, -0.15) is 4.98 Å². The molecule has 2 rings (SSSR count). The Kier molecular flexibility index (Phi) is 4.09. The van der Waals surface area contributed by atoms with Gasteiger partial charge in [0.2, 0.25) is 11.7 Å². The smallest absolute Gasteiger partial charge is 0.243 e. The normalized spacial score (nSPS) is 19.2. The van der Waals surface area contributed by atoms with Crippen molar-refractivity contribution in [1.29, 1.82) is 0 Å². The predicted octanol–water partition coefficient (Wildman–Crippen LogP) is 1.20. The van der Waals surface area contributed by atoms with Gasteiger partial charge in [-0.3, -0.25) is 0 Å². The van der Waals surface area contributed by atoms with Crippen molar-refractivity contribution in [2.24, 2.45) is 11.7 Å². The lowest BCUT2D eigenvalue weighted by molar-refractivity contribution is 0.0751. The minimum absolute atomic E-state index is 0.0536. The van der Waals surface area contributed by atoms with Crippen LogP contribution in [0.4, 0.5) is 0 Å². The topological polar surface area (TPSA) is 83.4 Å². The van der Waals surface area contributed by atoms with Crippen molar-refractivity contribution in [2.45, 2.75) is 31.4 Å². The number of aromatic nitrogens is 2. The molecule has 6 nitrogen and oxygen atoms in total. The molecule has 6 heteroatoms. The first-order valence-electron chi connectivity index (χ1n) is 5.87. The Morgan fingerprint density at radius 1 is 1.47 bits per heavy atom. The van der Waals surface area contributed by atoms with Crippen molar-refractivity contribution in [2.75, 3.05) is 20.8 Å². The molecule has 0 aliphatic heterocycles. The molecule has 2 N–H and O–H groups in total. The largest absolute Gasteiger partial charge is 0.385 e. The standard InChI is InChI=1S/C11H19N3O3/c1-15-6-5-8(12)11-13-10(14-17-11)9(16-2)7-3-4-7/h7-9H,3-6,12H2,1-2H3. The summed E-state index contributed by atoms with van der Waals surface area (Å²) in [6, 6.07) is -0.270. The first kappa shape index (κ1) is 12.5. The van der Waals surface area contributed by atoms with E-state index < -0.39 is 0 Å². The summed E-state index contributed by atoms with van der Waals surface area (Å²) in [5, 5.41) is 3.95. The van der Waals surface area contributed by atoms with Crippen LogP contribution in [0, 0.1) is 5.92 Å². The molecule has 0 bridgehead atoms. The molecule has 1 aromatic heterocycles. The van der Waals surface area contributed by atoms with Crippen LogP contribution in [-0.2, 0) is 9.47 Å². The Morgan fingerprint density at radius 3 is 2.82 bits per heavy atom. The van der Waals surface area contributed by atoms with Gasteiger partial charge in [0.05, 0.1) is 6.04 Å². The second-order valence-corrected chi connectivity index (χ2v) is 4.37. The highest BCUT2D eigenvalue weighted by molar-refractivity contribution is 5.00. The minimum Gasteiger partial charge on any atom is -0.385 e. The van der Waals surface area contributed by atoms with Crippen LogP contribution in [-0.4, -0.2) is 31.0 Å². The summed E-state index contributed by atoms with van der Waals surface area (Å²) in [5.74, 6) is 1.60. The maximum absolute atomic E-state index is 5.91. The van der Waals surface area contributed by atoms with Crippen molar-refractivity contribution in [1.82, 2.24) is 10.1 Å². The van der Waals surface area contributed by atoms with E-state index in [1.807, 2.05) is 0 Å². The molecule has 17 heavy (non-hydrogen) atoms. The van der Waals surface area contributed by atoms with Gasteiger partial charge in [-0.1, -0.05) is 5.16 Å². The zero-order valence-electron chi connectivity index (χ0n) is 10.3. The molecule has 96 valence electrons. The van der Waals surface area contributed by atoms with Gasteiger partial charge >= 0.3 is 0 Å². The predicted molar refractivity (Wildman–Crippen MR) is 60.2 cm³/mol. The first-order chi connectivity index (χ1) is 8.26. The highest BCUT2D eigenvalue weighted by Crippen LogP contribution is 2.42. The molecule has 2 unspecified atom stereocenters. The monoisotopic (exact) mass is 241 g/mol. The Morgan fingerprint density at radius 2 is 2.24 bits per heavy atom. The maximum atomic E-state index is 5.91. The van der Waals surface area contributed by atoms with Gasteiger partial charge in [-0.15, -0.1) is 0 Å². The average Bonchev–Trinajstić information content (AvgIpc) is 3.04. The summed E-state index contributed by atoms with van der Waals surface area (Å²) in [6.07, 6.45) is 2.94. The summed E-state index contributed by atoms with van der Waals surface area (Å²) >= 11 is 0. The van der Waals surface area contributed by atoms with E-state index >= 15 is 0 Å². The number of nitrogens with zero attached hydrogens (tertiary/aromatic N) is 2. The van der Waals surface area contributed by atoms with Crippen molar-refractivity contribution < 1.29 is 14.0 Å². The second-order valence-electron chi connectivity index (χ2n) is 4.37. The fourth-order valence-corrected chi connectivity index (χ4v) is 1.79. The third-order valence-corrected chi connectivity index (χ3v) is 2.97. The molecule has 1 saturated carbocycles. The molecule has 1 heterocycles. The maximum Gasteiger partial charge on any atom is 0.243 e. The highest BCUT2D eigenvalue weighted by Gasteiger charge is 2.35. The van der Waals surface area contributed by atoms with Crippen molar-refractivity contribution in [3.8, 4) is 0 Å². The van der Waals surface area contributed by atoms with Crippen molar-refractivity contribution in [3.05, 3.63) is 11.7 Å². The third-order valence-electron chi connectivity index (χ3n) is 2.97. The van der Waals surface area contributed by atoms with Crippen LogP contribution < -0.4 is 5.73 Å². The Labute approximate surface area is 100 Å². The van der Waals surface area contributed by atoms with E-state index in [4.69, 9.17) is 19.7 Å². The molecule has 1 fully saturated rings. The van der Waals surface area contributed by atoms with Crippen LogP contribution in [0.5, 0.6) is 0 Å². The van der Waals surface area contributed by atoms with Crippen LogP contribution in [0.2, 0.25) is 0 Å². The summed E-state index contributed by atoms with van der Waals surface area (Å²) in [5.41, 5.74) is 5.91. The molecule has 1 aromatic rings. The average molecular weight is 241 g/mol. The van der Waals surface area contributed by atoms with E-state index in [-0.39, 0.29) is 12.1 Å². The van der Waals surface area contributed by atoms with Crippen LogP contribution in [0.1, 0.15) is 43.1 Å². The summed E-state index contributed by atoms with van der Waals surface area (Å²) in [7, 11) is 3.31. The lowest BCUT2D eigenvalue weighted by Gasteiger charge is -2.08. The lowest BCUT2D eigenvalue weighted by atomic mass is 10.2. The van der Waals surface area contributed by atoms with E-state index in [1.54, 1.807) is 14.2 Å². The molecule has 0 amide bonds. The molecule has 1 aliphatic rings.